The van der Waals surface area contributed by atoms with E-state index in [9.17, 15) is 4.79 Å². The molecular weight excluding hydrogens is 332 g/mol. The number of benzene rings is 1. The van der Waals surface area contributed by atoms with Gasteiger partial charge < -0.3 is 19.7 Å². The number of aryl methyl sites for hydroxylation is 1. The topological polar surface area (TPSA) is 76.6 Å². The summed E-state index contributed by atoms with van der Waals surface area (Å²) in [6.45, 7) is 4.22. The van der Waals surface area contributed by atoms with Crippen LogP contribution in [0.2, 0.25) is 0 Å². The first-order chi connectivity index (χ1) is 12.7. The smallest absolute Gasteiger partial charge is 0.231 e. The van der Waals surface area contributed by atoms with Gasteiger partial charge in [-0.05, 0) is 43.5 Å². The van der Waals surface area contributed by atoms with Gasteiger partial charge in [-0.2, -0.15) is 0 Å². The Hall–Kier alpha value is -2.83. The van der Waals surface area contributed by atoms with Crippen LogP contribution in [0.5, 0.6) is 11.5 Å². The molecule has 26 heavy (non-hydrogen) atoms. The van der Waals surface area contributed by atoms with Crippen LogP contribution in [-0.4, -0.2) is 35.8 Å². The molecule has 7 heteroatoms. The van der Waals surface area contributed by atoms with Crippen LogP contribution >= 0.6 is 0 Å². The normalized spacial score (nSPS) is 18.7. The van der Waals surface area contributed by atoms with Crippen LogP contribution in [0.3, 0.4) is 0 Å². The predicted octanol–water partition coefficient (Wildman–Crippen LogP) is 2.05. The van der Waals surface area contributed by atoms with Crippen molar-refractivity contribution in [3.63, 3.8) is 0 Å². The highest BCUT2D eigenvalue weighted by Crippen LogP contribution is 2.32. The van der Waals surface area contributed by atoms with Crippen molar-refractivity contribution in [2.24, 2.45) is 5.92 Å². The minimum Gasteiger partial charge on any atom is -0.454 e. The van der Waals surface area contributed by atoms with E-state index in [-0.39, 0.29) is 18.6 Å². The van der Waals surface area contributed by atoms with Gasteiger partial charge in [0.05, 0.1) is 5.92 Å². The molecule has 136 valence electrons. The molecule has 0 bridgehead atoms. The molecule has 0 saturated carbocycles. The Balaban J connectivity index is 1.35. The Bertz CT molecular complexity index is 811. The molecule has 1 atom stereocenters. The van der Waals surface area contributed by atoms with Crippen molar-refractivity contribution in [2.45, 2.75) is 26.3 Å². The summed E-state index contributed by atoms with van der Waals surface area (Å²) < 4.78 is 10.7. The predicted molar refractivity (Wildman–Crippen MR) is 96.1 cm³/mol. The zero-order chi connectivity index (χ0) is 17.9. The summed E-state index contributed by atoms with van der Waals surface area (Å²) in [5.74, 6) is 2.21. The van der Waals surface area contributed by atoms with Gasteiger partial charge in [-0.3, -0.25) is 4.79 Å². The molecule has 2 aliphatic rings. The molecule has 1 aromatic carbocycles. The minimum atomic E-state index is -0.0538. The lowest BCUT2D eigenvalue weighted by Gasteiger charge is -2.32. The van der Waals surface area contributed by atoms with E-state index in [0.29, 0.717) is 19.0 Å². The number of anilines is 1. The van der Waals surface area contributed by atoms with E-state index in [0.717, 1.165) is 42.1 Å². The zero-order valence-electron chi connectivity index (χ0n) is 14.8. The largest absolute Gasteiger partial charge is 0.454 e. The zero-order valence-corrected chi connectivity index (χ0v) is 14.8. The quantitative estimate of drug-likeness (QED) is 0.906. The number of hydrogen-bond donors (Lipinski definition) is 1. The fraction of sp³-hybridized carbons (Fsp3) is 0.421. The van der Waals surface area contributed by atoms with Crippen molar-refractivity contribution in [3.8, 4) is 11.5 Å². The summed E-state index contributed by atoms with van der Waals surface area (Å²) in [6, 6.07) is 7.61. The van der Waals surface area contributed by atoms with Crippen molar-refractivity contribution < 1.29 is 14.3 Å². The molecular formula is C19H22N4O3. The third-order valence-corrected chi connectivity index (χ3v) is 4.76. The number of carbonyl (C=O) groups is 1. The number of nitrogens with zero attached hydrogens (tertiary/aromatic N) is 3. The Morgan fingerprint density at radius 3 is 3.08 bits per heavy atom. The summed E-state index contributed by atoms with van der Waals surface area (Å²) >= 11 is 0. The SMILES string of the molecule is Cc1ccnc(N2CCC[C@@H](C(=O)NCc3ccc4c(c3)OCO4)C2)n1. The van der Waals surface area contributed by atoms with Gasteiger partial charge >= 0.3 is 0 Å². The molecule has 3 heterocycles. The monoisotopic (exact) mass is 354 g/mol. The third-order valence-electron chi connectivity index (χ3n) is 4.76. The second-order valence-electron chi connectivity index (χ2n) is 6.69. The van der Waals surface area contributed by atoms with E-state index in [2.05, 4.69) is 20.2 Å². The lowest BCUT2D eigenvalue weighted by Crippen LogP contribution is -2.43. The van der Waals surface area contributed by atoms with E-state index in [1.807, 2.05) is 31.2 Å². The molecule has 1 aromatic heterocycles. The number of ether oxygens (including phenoxy) is 2. The molecule has 0 unspecified atom stereocenters. The first kappa shape index (κ1) is 16.6. The standard InChI is InChI=1S/C19H22N4O3/c1-13-6-7-20-19(22-13)23-8-2-3-15(11-23)18(24)21-10-14-4-5-16-17(9-14)26-12-25-16/h4-7,9,15H,2-3,8,10-12H2,1H3,(H,21,24)/t15-/m1/s1. The summed E-state index contributed by atoms with van der Waals surface area (Å²) in [4.78, 5) is 23.5. The number of nitrogens with one attached hydrogen (secondary N) is 1. The van der Waals surface area contributed by atoms with Crippen LogP contribution in [0.25, 0.3) is 0 Å². The van der Waals surface area contributed by atoms with Crippen LogP contribution in [0.1, 0.15) is 24.1 Å². The van der Waals surface area contributed by atoms with E-state index in [4.69, 9.17) is 9.47 Å². The Morgan fingerprint density at radius 2 is 2.19 bits per heavy atom. The Kier molecular flexibility index (Phi) is 4.60. The number of piperidine rings is 1. The van der Waals surface area contributed by atoms with Crippen molar-refractivity contribution >= 4 is 11.9 Å². The van der Waals surface area contributed by atoms with E-state index in [1.165, 1.54) is 0 Å². The molecule has 7 nitrogen and oxygen atoms in total. The number of amides is 1. The van der Waals surface area contributed by atoms with Crippen LogP contribution < -0.4 is 19.7 Å². The molecule has 1 saturated heterocycles. The first-order valence-electron chi connectivity index (χ1n) is 8.90. The molecule has 0 radical (unpaired) electrons. The van der Waals surface area contributed by atoms with Gasteiger partial charge in [-0.25, -0.2) is 9.97 Å². The van der Waals surface area contributed by atoms with E-state index < -0.39 is 0 Å². The number of aromatic nitrogens is 2. The highest BCUT2D eigenvalue weighted by Gasteiger charge is 2.27. The first-order valence-corrected chi connectivity index (χ1v) is 8.90. The lowest BCUT2D eigenvalue weighted by molar-refractivity contribution is -0.125. The van der Waals surface area contributed by atoms with Crippen LogP contribution in [0.4, 0.5) is 5.95 Å². The van der Waals surface area contributed by atoms with Crippen molar-refractivity contribution in [3.05, 3.63) is 41.7 Å². The van der Waals surface area contributed by atoms with Gasteiger partial charge in [0.2, 0.25) is 18.6 Å². The van der Waals surface area contributed by atoms with Gasteiger partial charge in [0.15, 0.2) is 11.5 Å². The van der Waals surface area contributed by atoms with Crippen LogP contribution in [0, 0.1) is 12.8 Å². The summed E-state index contributed by atoms with van der Waals surface area (Å²) in [6.07, 6.45) is 3.61. The number of rotatable bonds is 4. The maximum atomic E-state index is 12.6. The fourth-order valence-electron chi connectivity index (χ4n) is 3.35. The molecule has 1 amide bonds. The number of fused-ring (bicyclic) bond motifs is 1. The van der Waals surface area contributed by atoms with Crippen molar-refractivity contribution in [2.75, 3.05) is 24.8 Å². The second kappa shape index (κ2) is 7.19. The molecule has 0 spiro atoms. The van der Waals surface area contributed by atoms with Gasteiger partial charge in [0.1, 0.15) is 0 Å². The molecule has 1 N–H and O–H groups in total. The molecule has 4 rings (SSSR count). The molecule has 2 aromatic rings. The highest BCUT2D eigenvalue weighted by molar-refractivity contribution is 5.79. The molecule has 0 aliphatic carbocycles. The van der Waals surface area contributed by atoms with Gasteiger partial charge in [0, 0.05) is 31.5 Å². The fourth-order valence-corrected chi connectivity index (χ4v) is 3.35. The van der Waals surface area contributed by atoms with Crippen molar-refractivity contribution in [1.29, 1.82) is 0 Å². The molecule has 1 fully saturated rings. The number of hydrogen-bond acceptors (Lipinski definition) is 6. The summed E-state index contributed by atoms with van der Waals surface area (Å²) in [5, 5.41) is 3.04. The van der Waals surface area contributed by atoms with E-state index in [1.54, 1.807) is 6.20 Å². The second-order valence-corrected chi connectivity index (χ2v) is 6.69. The summed E-state index contributed by atoms with van der Waals surface area (Å²) in [5.41, 5.74) is 1.93. The minimum absolute atomic E-state index is 0.0538. The average molecular weight is 354 g/mol. The van der Waals surface area contributed by atoms with Crippen LogP contribution in [0.15, 0.2) is 30.5 Å². The van der Waals surface area contributed by atoms with Gasteiger partial charge in [-0.15, -0.1) is 0 Å². The van der Waals surface area contributed by atoms with E-state index >= 15 is 0 Å². The maximum absolute atomic E-state index is 12.6. The van der Waals surface area contributed by atoms with Crippen LogP contribution in [-0.2, 0) is 11.3 Å². The van der Waals surface area contributed by atoms with Gasteiger partial charge in [0.25, 0.3) is 0 Å². The average Bonchev–Trinajstić information content (AvgIpc) is 3.14. The lowest BCUT2D eigenvalue weighted by atomic mass is 9.97. The highest BCUT2D eigenvalue weighted by atomic mass is 16.7. The van der Waals surface area contributed by atoms with Crippen molar-refractivity contribution in [1.82, 2.24) is 15.3 Å². The Labute approximate surface area is 152 Å². The molecule has 2 aliphatic heterocycles. The van der Waals surface area contributed by atoms with Gasteiger partial charge in [-0.1, -0.05) is 6.07 Å². The maximum Gasteiger partial charge on any atom is 0.231 e. The Morgan fingerprint density at radius 1 is 1.31 bits per heavy atom. The number of carbonyl (C=O) groups excluding carboxylic acids is 1. The third kappa shape index (κ3) is 3.56. The summed E-state index contributed by atoms with van der Waals surface area (Å²) in [7, 11) is 0.